The Balaban J connectivity index is 2.40. The third-order valence-corrected chi connectivity index (χ3v) is 3.77. The van der Waals surface area contributed by atoms with Gasteiger partial charge < -0.3 is 5.73 Å². The second kappa shape index (κ2) is 4.97. The lowest BCUT2D eigenvalue weighted by Gasteiger charge is -2.39. The highest BCUT2D eigenvalue weighted by atomic mass is 14.7. The summed E-state index contributed by atoms with van der Waals surface area (Å²) >= 11 is 0. The summed E-state index contributed by atoms with van der Waals surface area (Å²) in [6.07, 6.45) is 9.01. The smallest absolute Gasteiger partial charge is 0.00959 e. The van der Waals surface area contributed by atoms with E-state index in [0.717, 1.165) is 12.8 Å². The van der Waals surface area contributed by atoms with Crippen molar-refractivity contribution < 1.29 is 0 Å². The van der Waals surface area contributed by atoms with Gasteiger partial charge in [-0.15, -0.1) is 6.58 Å². The van der Waals surface area contributed by atoms with Crippen molar-refractivity contribution in [1.29, 1.82) is 0 Å². The Bertz CT molecular complexity index is 189. The Kier molecular flexibility index (Phi) is 4.18. The van der Waals surface area contributed by atoms with Crippen molar-refractivity contribution in [2.24, 2.45) is 11.1 Å². The van der Waals surface area contributed by atoms with Crippen LogP contribution in [0.1, 0.15) is 58.8 Å². The standard InChI is InChI=1S/C13H25N/c1-11(2)7-8-12(14)13(3)9-5-4-6-10-13/h12H,1,4-10,14H2,2-3H3. The summed E-state index contributed by atoms with van der Waals surface area (Å²) in [5.74, 6) is 0. The fourth-order valence-corrected chi connectivity index (χ4v) is 2.48. The van der Waals surface area contributed by atoms with E-state index >= 15 is 0 Å². The molecular formula is C13H25N. The van der Waals surface area contributed by atoms with Crippen LogP contribution in [0.4, 0.5) is 0 Å². The van der Waals surface area contributed by atoms with E-state index in [4.69, 9.17) is 5.73 Å². The molecule has 82 valence electrons. The van der Waals surface area contributed by atoms with Crippen LogP contribution in [0.15, 0.2) is 12.2 Å². The minimum absolute atomic E-state index is 0.375. The molecule has 1 aliphatic carbocycles. The fraction of sp³-hybridized carbons (Fsp3) is 0.846. The third-order valence-electron chi connectivity index (χ3n) is 3.77. The van der Waals surface area contributed by atoms with Crippen molar-refractivity contribution in [1.82, 2.24) is 0 Å². The first-order valence-electron chi connectivity index (χ1n) is 5.94. The maximum absolute atomic E-state index is 6.29. The van der Waals surface area contributed by atoms with Crippen molar-refractivity contribution in [3.05, 3.63) is 12.2 Å². The first-order chi connectivity index (χ1) is 6.54. The van der Waals surface area contributed by atoms with Gasteiger partial charge in [0, 0.05) is 6.04 Å². The van der Waals surface area contributed by atoms with Gasteiger partial charge in [0.1, 0.15) is 0 Å². The van der Waals surface area contributed by atoms with Gasteiger partial charge in [-0.1, -0.05) is 31.8 Å². The van der Waals surface area contributed by atoms with Crippen LogP contribution >= 0.6 is 0 Å². The van der Waals surface area contributed by atoms with E-state index in [2.05, 4.69) is 20.4 Å². The molecule has 0 aliphatic heterocycles. The lowest BCUT2D eigenvalue weighted by Crippen LogP contribution is -2.40. The molecule has 0 bridgehead atoms. The fourth-order valence-electron chi connectivity index (χ4n) is 2.48. The molecular weight excluding hydrogens is 170 g/mol. The highest BCUT2D eigenvalue weighted by Crippen LogP contribution is 2.39. The second-order valence-corrected chi connectivity index (χ2v) is 5.32. The molecule has 0 aromatic carbocycles. The van der Waals surface area contributed by atoms with Crippen molar-refractivity contribution in [3.63, 3.8) is 0 Å². The predicted molar refractivity (Wildman–Crippen MR) is 63.2 cm³/mol. The van der Waals surface area contributed by atoms with Crippen LogP contribution < -0.4 is 5.73 Å². The van der Waals surface area contributed by atoms with E-state index < -0.39 is 0 Å². The van der Waals surface area contributed by atoms with E-state index in [0.29, 0.717) is 11.5 Å². The van der Waals surface area contributed by atoms with E-state index in [9.17, 15) is 0 Å². The molecule has 0 radical (unpaired) electrons. The van der Waals surface area contributed by atoms with Crippen LogP contribution in [0.25, 0.3) is 0 Å². The maximum atomic E-state index is 6.29. The minimum atomic E-state index is 0.375. The van der Waals surface area contributed by atoms with Crippen molar-refractivity contribution in [2.45, 2.75) is 64.8 Å². The highest BCUT2D eigenvalue weighted by Gasteiger charge is 2.32. The zero-order valence-electron chi connectivity index (χ0n) is 9.81. The SMILES string of the molecule is C=C(C)CCC(N)C1(C)CCCCC1. The second-order valence-electron chi connectivity index (χ2n) is 5.32. The quantitative estimate of drug-likeness (QED) is 0.681. The predicted octanol–water partition coefficient (Wildman–Crippen LogP) is 3.64. The summed E-state index contributed by atoms with van der Waals surface area (Å²) < 4.78 is 0. The number of rotatable bonds is 4. The molecule has 0 aromatic rings. The molecule has 1 aliphatic rings. The van der Waals surface area contributed by atoms with Crippen LogP contribution in [0.2, 0.25) is 0 Å². The molecule has 1 rings (SSSR count). The Hall–Kier alpha value is -0.300. The molecule has 0 heterocycles. The number of hydrogen-bond donors (Lipinski definition) is 1. The van der Waals surface area contributed by atoms with Gasteiger partial charge in [-0.3, -0.25) is 0 Å². The molecule has 1 saturated carbocycles. The van der Waals surface area contributed by atoms with Crippen LogP contribution in [-0.4, -0.2) is 6.04 Å². The van der Waals surface area contributed by atoms with Crippen LogP contribution in [0.3, 0.4) is 0 Å². The number of hydrogen-bond acceptors (Lipinski definition) is 1. The summed E-state index contributed by atoms with van der Waals surface area (Å²) in [4.78, 5) is 0. The molecule has 0 amide bonds. The lowest BCUT2D eigenvalue weighted by atomic mass is 9.69. The van der Waals surface area contributed by atoms with Gasteiger partial charge in [-0.2, -0.15) is 0 Å². The summed E-state index contributed by atoms with van der Waals surface area (Å²) in [5, 5.41) is 0. The Labute approximate surface area is 88.8 Å². The maximum Gasteiger partial charge on any atom is 0.00959 e. The first kappa shape index (κ1) is 11.8. The van der Waals surface area contributed by atoms with E-state index in [1.54, 1.807) is 0 Å². The number of nitrogens with two attached hydrogens (primary N) is 1. The van der Waals surface area contributed by atoms with Crippen LogP contribution in [0, 0.1) is 5.41 Å². The molecule has 0 saturated heterocycles. The molecule has 1 fully saturated rings. The van der Waals surface area contributed by atoms with Crippen molar-refractivity contribution >= 4 is 0 Å². The van der Waals surface area contributed by atoms with Crippen LogP contribution in [-0.2, 0) is 0 Å². The Morgan fingerprint density at radius 1 is 1.36 bits per heavy atom. The normalized spacial score (nSPS) is 23.1. The summed E-state index contributed by atoms with van der Waals surface area (Å²) in [7, 11) is 0. The number of allylic oxidation sites excluding steroid dienone is 1. The average Bonchev–Trinajstić information content (AvgIpc) is 2.15. The zero-order valence-corrected chi connectivity index (χ0v) is 9.81. The monoisotopic (exact) mass is 195 g/mol. The van der Waals surface area contributed by atoms with Gasteiger partial charge >= 0.3 is 0 Å². The summed E-state index contributed by atoms with van der Waals surface area (Å²) in [6.45, 7) is 8.40. The molecule has 1 nitrogen and oxygen atoms in total. The summed E-state index contributed by atoms with van der Waals surface area (Å²) in [5.41, 5.74) is 7.96. The van der Waals surface area contributed by atoms with Gasteiger partial charge in [-0.05, 0) is 38.0 Å². The molecule has 1 atom stereocenters. The van der Waals surface area contributed by atoms with Crippen molar-refractivity contribution in [3.8, 4) is 0 Å². The van der Waals surface area contributed by atoms with Gasteiger partial charge in [0.25, 0.3) is 0 Å². The zero-order chi connectivity index (χ0) is 10.6. The highest BCUT2D eigenvalue weighted by molar-refractivity contribution is 4.93. The summed E-state index contributed by atoms with van der Waals surface area (Å²) in [6, 6.07) is 0.375. The van der Waals surface area contributed by atoms with Gasteiger partial charge in [0.2, 0.25) is 0 Å². The van der Waals surface area contributed by atoms with E-state index in [-0.39, 0.29) is 0 Å². The molecule has 14 heavy (non-hydrogen) atoms. The third kappa shape index (κ3) is 3.13. The first-order valence-corrected chi connectivity index (χ1v) is 5.94. The molecule has 1 heteroatoms. The molecule has 0 aromatic heterocycles. The van der Waals surface area contributed by atoms with Crippen molar-refractivity contribution in [2.75, 3.05) is 0 Å². The molecule has 1 unspecified atom stereocenters. The van der Waals surface area contributed by atoms with Gasteiger partial charge in [0.05, 0.1) is 0 Å². The molecule has 0 spiro atoms. The largest absolute Gasteiger partial charge is 0.327 e. The lowest BCUT2D eigenvalue weighted by molar-refractivity contribution is 0.163. The van der Waals surface area contributed by atoms with E-state index in [1.165, 1.54) is 37.7 Å². The topological polar surface area (TPSA) is 26.0 Å². The Morgan fingerprint density at radius 3 is 2.43 bits per heavy atom. The van der Waals surface area contributed by atoms with Crippen LogP contribution in [0.5, 0.6) is 0 Å². The average molecular weight is 195 g/mol. The van der Waals surface area contributed by atoms with E-state index in [1.807, 2.05) is 0 Å². The molecule has 2 N–H and O–H groups in total. The van der Waals surface area contributed by atoms with Gasteiger partial charge in [-0.25, -0.2) is 0 Å². The van der Waals surface area contributed by atoms with Gasteiger partial charge in [0.15, 0.2) is 0 Å². The minimum Gasteiger partial charge on any atom is -0.327 e. The Morgan fingerprint density at radius 2 is 1.93 bits per heavy atom.